The van der Waals surface area contributed by atoms with E-state index in [0.29, 0.717) is 21.3 Å². The monoisotopic (exact) mass is 408 g/mol. The molecule has 0 aliphatic carbocycles. The molecule has 1 atom stereocenters. The van der Waals surface area contributed by atoms with E-state index in [1.807, 2.05) is 37.3 Å². The largest absolute Gasteiger partial charge is 0.504 e. The lowest BCUT2D eigenvalue weighted by molar-refractivity contribution is -0.116. The fourth-order valence-corrected chi connectivity index (χ4v) is 4.81. The molecule has 3 N–H and O–H groups in total. The van der Waals surface area contributed by atoms with E-state index in [0.717, 1.165) is 16.7 Å². The Morgan fingerprint density at radius 3 is 2.72 bits per heavy atom. The van der Waals surface area contributed by atoms with Gasteiger partial charge in [0.2, 0.25) is 5.91 Å². The van der Waals surface area contributed by atoms with Gasteiger partial charge in [-0.15, -0.1) is 11.3 Å². The maximum absolute atomic E-state index is 12.9. The molecule has 0 saturated carbocycles. The number of aromatic hydroxyl groups is 1. The van der Waals surface area contributed by atoms with E-state index in [-0.39, 0.29) is 29.9 Å². The number of hydrogen-bond acceptors (Lipinski definition) is 5. The van der Waals surface area contributed by atoms with Gasteiger partial charge in [-0.1, -0.05) is 24.3 Å². The number of carbonyl (C=O) groups excluding carboxylic acids is 2. The van der Waals surface area contributed by atoms with Crippen molar-refractivity contribution in [3.63, 3.8) is 0 Å². The Kier molecular flexibility index (Phi) is 4.98. The van der Waals surface area contributed by atoms with Crippen LogP contribution in [-0.2, 0) is 4.79 Å². The Balaban J connectivity index is 1.73. The molecule has 1 unspecified atom stereocenters. The number of benzene rings is 2. The lowest BCUT2D eigenvalue weighted by Crippen LogP contribution is -2.22. The molecule has 6 nitrogen and oxygen atoms in total. The Bertz CT molecular complexity index is 1090. The minimum absolute atomic E-state index is 0.0432. The van der Waals surface area contributed by atoms with Crippen molar-refractivity contribution in [2.24, 2.45) is 0 Å². The van der Waals surface area contributed by atoms with Gasteiger partial charge < -0.3 is 20.5 Å². The number of rotatable bonds is 4. The van der Waals surface area contributed by atoms with Gasteiger partial charge in [-0.05, 0) is 47.9 Å². The van der Waals surface area contributed by atoms with E-state index in [4.69, 9.17) is 4.74 Å². The predicted octanol–water partition coefficient (Wildman–Crippen LogP) is 4.50. The summed E-state index contributed by atoms with van der Waals surface area (Å²) in [6, 6.07) is 14.3. The van der Waals surface area contributed by atoms with Gasteiger partial charge in [0.05, 0.1) is 17.0 Å². The van der Waals surface area contributed by atoms with Crippen LogP contribution < -0.4 is 15.4 Å². The number of phenolic OH excluding ortho intramolecular Hbond substituents is 1. The van der Waals surface area contributed by atoms with Gasteiger partial charge in [0.15, 0.2) is 11.5 Å². The van der Waals surface area contributed by atoms with Crippen molar-refractivity contribution in [1.82, 2.24) is 0 Å². The molecular weight excluding hydrogens is 388 g/mol. The summed E-state index contributed by atoms with van der Waals surface area (Å²) in [5, 5.41) is 16.4. The molecule has 2 aromatic carbocycles. The molecular formula is C22H20N2O4S. The first kappa shape index (κ1) is 19.0. The second-order valence-corrected chi connectivity index (χ2v) is 7.88. The van der Waals surface area contributed by atoms with E-state index >= 15 is 0 Å². The highest BCUT2D eigenvalue weighted by molar-refractivity contribution is 7.18. The average molecular weight is 408 g/mol. The van der Waals surface area contributed by atoms with Crippen molar-refractivity contribution in [3.05, 3.63) is 70.1 Å². The molecule has 0 radical (unpaired) electrons. The molecule has 0 bridgehead atoms. The SMILES string of the molecule is COc1cc(C2CC(=O)Nc3sc(C(=O)Nc4ccccc4)c(C)c32)ccc1O. The molecule has 2 amide bonds. The summed E-state index contributed by atoms with van der Waals surface area (Å²) in [7, 11) is 1.49. The summed E-state index contributed by atoms with van der Waals surface area (Å²) >= 11 is 1.28. The lowest BCUT2D eigenvalue weighted by Gasteiger charge is -2.24. The van der Waals surface area contributed by atoms with Gasteiger partial charge in [-0.2, -0.15) is 0 Å². The minimum Gasteiger partial charge on any atom is -0.504 e. The molecule has 7 heteroatoms. The molecule has 29 heavy (non-hydrogen) atoms. The fraction of sp³-hybridized carbons (Fsp3) is 0.182. The van der Waals surface area contributed by atoms with E-state index in [1.54, 1.807) is 18.2 Å². The fourth-order valence-electron chi connectivity index (χ4n) is 3.63. The van der Waals surface area contributed by atoms with Crippen LogP contribution in [0.15, 0.2) is 48.5 Å². The predicted molar refractivity (Wildman–Crippen MR) is 113 cm³/mol. The first-order valence-corrected chi connectivity index (χ1v) is 9.96. The Hall–Kier alpha value is -3.32. The van der Waals surface area contributed by atoms with Crippen LogP contribution in [0.25, 0.3) is 0 Å². The van der Waals surface area contributed by atoms with Crippen LogP contribution in [0.4, 0.5) is 10.7 Å². The van der Waals surface area contributed by atoms with Crippen molar-refractivity contribution in [3.8, 4) is 11.5 Å². The number of nitrogens with one attached hydrogen (secondary N) is 2. The number of hydrogen-bond donors (Lipinski definition) is 3. The molecule has 3 aromatic rings. The third-order valence-corrected chi connectivity index (χ3v) is 6.25. The quantitative estimate of drug-likeness (QED) is 0.593. The first-order chi connectivity index (χ1) is 14.0. The molecule has 0 spiro atoms. The number of fused-ring (bicyclic) bond motifs is 1. The summed E-state index contributed by atoms with van der Waals surface area (Å²) in [6.45, 7) is 1.90. The van der Waals surface area contributed by atoms with Crippen molar-refractivity contribution < 1.29 is 19.4 Å². The summed E-state index contributed by atoms with van der Waals surface area (Å²) in [5.41, 5.74) is 3.34. The van der Waals surface area contributed by atoms with E-state index < -0.39 is 0 Å². The second-order valence-electron chi connectivity index (χ2n) is 6.86. The maximum Gasteiger partial charge on any atom is 0.266 e. The molecule has 0 fully saturated rings. The zero-order chi connectivity index (χ0) is 20.5. The van der Waals surface area contributed by atoms with Crippen LogP contribution in [-0.4, -0.2) is 24.0 Å². The van der Waals surface area contributed by atoms with Crippen LogP contribution in [0, 0.1) is 6.92 Å². The van der Waals surface area contributed by atoms with Crippen molar-refractivity contribution in [2.75, 3.05) is 17.7 Å². The summed E-state index contributed by atoms with van der Waals surface area (Å²) in [5.74, 6) is -0.135. The van der Waals surface area contributed by atoms with Gasteiger partial charge in [-0.25, -0.2) is 0 Å². The highest BCUT2D eigenvalue weighted by atomic mass is 32.1. The third-order valence-electron chi connectivity index (χ3n) is 5.03. The number of anilines is 2. The molecule has 148 valence electrons. The zero-order valence-corrected chi connectivity index (χ0v) is 16.8. The van der Waals surface area contributed by atoms with Gasteiger partial charge >= 0.3 is 0 Å². The first-order valence-electron chi connectivity index (χ1n) is 9.14. The third kappa shape index (κ3) is 3.56. The number of thiophene rings is 1. The van der Waals surface area contributed by atoms with Crippen LogP contribution in [0.3, 0.4) is 0 Å². The number of ether oxygens (including phenoxy) is 1. The van der Waals surface area contributed by atoms with Gasteiger partial charge in [0.1, 0.15) is 0 Å². The Morgan fingerprint density at radius 1 is 1.24 bits per heavy atom. The number of carbonyl (C=O) groups is 2. The highest BCUT2D eigenvalue weighted by Crippen LogP contribution is 2.46. The second kappa shape index (κ2) is 7.60. The molecule has 1 aliphatic rings. The number of para-hydroxylation sites is 1. The van der Waals surface area contributed by atoms with Gasteiger partial charge in [-0.3, -0.25) is 9.59 Å². The Morgan fingerprint density at radius 2 is 2.00 bits per heavy atom. The summed E-state index contributed by atoms with van der Waals surface area (Å²) in [6.07, 6.45) is 0.262. The molecule has 2 heterocycles. The highest BCUT2D eigenvalue weighted by Gasteiger charge is 2.33. The minimum atomic E-state index is -0.220. The van der Waals surface area contributed by atoms with E-state index in [2.05, 4.69) is 10.6 Å². The number of methoxy groups -OCH3 is 1. The molecule has 0 saturated heterocycles. The van der Waals surface area contributed by atoms with E-state index in [9.17, 15) is 14.7 Å². The maximum atomic E-state index is 12.9. The van der Waals surface area contributed by atoms with Crippen LogP contribution in [0.2, 0.25) is 0 Å². The van der Waals surface area contributed by atoms with Crippen molar-refractivity contribution >= 4 is 33.8 Å². The topological polar surface area (TPSA) is 87.7 Å². The summed E-state index contributed by atoms with van der Waals surface area (Å²) in [4.78, 5) is 25.7. The van der Waals surface area contributed by atoms with E-state index in [1.165, 1.54) is 18.4 Å². The standard InChI is InChI=1S/C22H20N2O4S/c1-12-19-15(13-8-9-16(25)17(10-13)28-2)11-18(26)24-22(19)29-20(12)21(27)23-14-6-4-3-5-7-14/h3-10,15,25H,11H2,1-2H3,(H,23,27)(H,24,26). The smallest absolute Gasteiger partial charge is 0.266 e. The van der Waals surface area contributed by atoms with Crippen LogP contribution >= 0.6 is 11.3 Å². The molecule has 1 aromatic heterocycles. The number of amides is 2. The number of phenols is 1. The van der Waals surface area contributed by atoms with Gasteiger partial charge in [0, 0.05) is 18.0 Å². The van der Waals surface area contributed by atoms with Crippen LogP contribution in [0.1, 0.15) is 38.7 Å². The summed E-state index contributed by atoms with van der Waals surface area (Å²) < 4.78 is 5.22. The molecule has 4 rings (SSSR count). The molecule has 1 aliphatic heterocycles. The lowest BCUT2D eigenvalue weighted by atomic mass is 9.84. The zero-order valence-electron chi connectivity index (χ0n) is 16.0. The van der Waals surface area contributed by atoms with Crippen molar-refractivity contribution in [1.29, 1.82) is 0 Å². The Labute approximate surface area is 172 Å². The van der Waals surface area contributed by atoms with Crippen LogP contribution in [0.5, 0.6) is 11.5 Å². The van der Waals surface area contributed by atoms with Crippen molar-refractivity contribution in [2.45, 2.75) is 19.3 Å². The average Bonchev–Trinajstić information content (AvgIpc) is 3.05. The van der Waals surface area contributed by atoms with Gasteiger partial charge in [0.25, 0.3) is 5.91 Å². The normalized spacial score (nSPS) is 15.4.